The molecule has 14 nitrogen and oxygen atoms in total. The number of aliphatic imine (C=N–C) groups is 1. The lowest BCUT2D eigenvalue weighted by Gasteiger charge is -2.23. The number of aromatic nitrogens is 1. The lowest BCUT2D eigenvalue weighted by Crippen LogP contribution is -2.46. The van der Waals surface area contributed by atoms with Crippen LogP contribution in [0.15, 0.2) is 19.2 Å². The van der Waals surface area contributed by atoms with Crippen LogP contribution in [0.5, 0.6) is 0 Å². The number of hydrogen-bond acceptors (Lipinski definition) is 11. The van der Waals surface area contributed by atoms with Crippen molar-refractivity contribution in [2.24, 2.45) is 31.0 Å². The number of aliphatic hydroxyl groups is 5. The molecule has 0 aliphatic heterocycles. The molecule has 1 heterocycles. The summed E-state index contributed by atoms with van der Waals surface area (Å²) in [4.78, 5) is 8.01. The molecule has 176 valence electrons. The van der Waals surface area contributed by atoms with Gasteiger partial charge in [-0.25, -0.2) is 4.98 Å². The van der Waals surface area contributed by atoms with Crippen LogP contribution < -0.4 is 17.2 Å². The fraction of sp³-hybridized carbons (Fsp3) is 0.571. The second-order valence-electron chi connectivity index (χ2n) is 5.97. The van der Waals surface area contributed by atoms with E-state index in [1.165, 1.54) is 23.1 Å². The predicted octanol–water partition coefficient (Wildman–Crippen LogP) is -3.22. The first kappa shape index (κ1) is 27.2. The molecule has 0 aromatic carbocycles. The molecule has 4 atom stereocenters. The molecule has 0 unspecified atom stereocenters. The van der Waals surface area contributed by atoms with Gasteiger partial charge in [0.05, 0.1) is 18.5 Å². The van der Waals surface area contributed by atoms with E-state index in [9.17, 15) is 28.8 Å². The molecule has 0 aliphatic rings. The second-order valence-corrected chi connectivity index (χ2v) is 9.20. The Morgan fingerprint density at radius 3 is 2.52 bits per heavy atom. The number of aliphatic hydroxyl groups excluding tert-OH is 5. The zero-order valence-electron chi connectivity index (χ0n) is 16.1. The van der Waals surface area contributed by atoms with E-state index in [1.54, 1.807) is 5.38 Å². The van der Waals surface area contributed by atoms with E-state index in [0.29, 0.717) is 22.9 Å². The number of thiazole rings is 1. The summed E-state index contributed by atoms with van der Waals surface area (Å²) in [6, 6.07) is 0. The van der Waals surface area contributed by atoms with E-state index >= 15 is 0 Å². The Labute approximate surface area is 186 Å². The van der Waals surface area contributed by atoms with Gasteiger partial charge in [0, 0.05) is 23.3 Å². The molecule has 11 N–H and O–H groups in total. The molecular weight excluding hydrogens is 474 g/mol. The summed E-state index contributed by atoms with van der Waals surface area (Å²) in [5.74, 6) is 0.620. The van der Waals surface area contributed by atoms with Gasteiger partial charge in [-0.2, -0.15) is 29.6 Å². The van der Waals surface area contributed by atoms with Gasteiger partial charge >= 0.3 is 10.2 Å². The van der Waals surface area contributed by atoms with Crippen molar-refractivity contribution in [3.63, 3.8) is 0 Å². The zero-order chi connectivity index (χ0) is 23.6. The number of hydrogen-bond donors (Lipinski definition) is 8. The average molecular weight is 500 g/mol. The lowest BCUT2D eigenvalue weighted by atomic mass is 10.0. The van der Waals surface area contributed by atoms with Gasteiger partial charge in [-0.1, -0.05) is 0 Å². The summed E-state index contributed by atoms with van der Waals surface area (Å²) in [7, 11) is -4.45. The molecule has 0 saturated carbocycles. The van der Waals surface area contributed by atoms with Crippen LogP contribution in [0.4, 0.5) is 5.13 Å². The third-order valence-corrected chi connectivity index (χ3v) is 6.01. The third kappa shape index (κ3) is 10.3. The van der Waals surface area contributed by atoms with Gasteiger partial charge in [0.25, 0.3) is 0 Å². The summed E-state index contributed by atoms with van der Waals surface area (Å²) < 4.78 is 30.0. The molecule has 17 heteroatoms. The van der Waals surface area contributed by atoms with E-state index in [4.69, 9.17) is 22.3 Å². The number of nitrogens with two attached hydrogens (primary N) is 3. The first-order valence-corrected chi connectivity index (χ1v) is 12.0. The Kier molecular flexibility index (Phi) is 11.3. The van der Waals surface area contributed by atoms with Gasteiger partial charge in [0.15, 0.2) is 5.96 Å². The highest BCUT2D eigenvalue weighted by Crippen LogP contribution is 2.22. The molecular formula is C14H25N7O7S3. The molecule has 0 amide bonds. The van der Waals surface area contributed by atoms with E-state index in [-0.39, 0.29) is 18.2 Å². The van der Waals surface area contributed by atoms with Gasteiger partial charge in [0.2, 0.25) is 5.13 Å². The normalized spacial score (nSPS) is 16.7. The lowest BCUT2D eigenvalue weighted by molar-refractivity contribution is -0.0999. The van der Waals surface area contributed by atoms with Gasteiger partial charge in [-0.05, 0) is 0 Å². The highest BCUT2D eigenvalue weighted by Gasteiger charge is 2.29. The Morgan fingerprint density at radius 1 is 1.23 bits per heavy atom. The van der Waals surface area contributed by atoms with Gasteiger partial charge < -0.3 is 42.7 Å². The van der Waals surface area contributed by atoms with Crippen LogP contribution in [0.1, 0.15) is 12.1 Å². The Hall–Kier alpha value is -1.86. The molecule has 0 saturated heterocycles. The summed E-state index contributed by atoms with van der Waals surface area (Å²) >= 11 is 2.69. The van der Waals surface area contributed by atoms with Gasteiger partial charge in [0.1, 0.15) is 30.3 Å². The van der Waals surface area contributed by atoms with Crippen molar-refractivity contribution in [2.75, 3.05) is 12.4 Å². The van der Waals surface area contributed by atoms with E-state index < -0.39 is 41.2 Å². The van der Waals surface area contributed by atoms with Crippen molar-refractivity contribution in [1.29, 1.82) is 0 Å². The summed E-state index contributed by atoms with van der Waals surface area (Å²) in [6.45, 7) is -0.876. The summed E-state index contributed by atoms with van der Waals surface area (Å²) in [5.41, 5.74) is 16.9. The fourth-order valence-electron chi connectivity index (χ4n) is 1.86. The predicted molar refractivity (Wildman–Crippen MR) is 119 cm³/mol. The number of guanidine groups is 1. The van der Waals surface area contributed by atoms with Crippen LogP contribution in [-0.2, 0) is 16.0 Å². The molecule has 1 aromatic rings. The van der Waals surface area contributed by atoms with Gasteiger partial charge in [-0.3, -0.25) is 0 Å². The highest BCUT2D eigenvalue weighted by atomic mass is 32.2. The van der Waals surface area contributed by atoms with Crippen LogP contribution in [0.25, 0.3) is 0 Å². The van der Waals surface area contributed by atoms with Crippen molar-refractivity contribution >= 4 is 56.4 Å². The standard InChI is InChI=1S/C14H25N7O7S3/c15-10(1-2-29-5-7-6-30-14(19-7)20-13(16)17)21-31(27,28)18-3-8(23)11(25)12(26)9(24)4-22/h3,6,8-9,11-12,22-26H,1-2,4-5H2,(H2,15,21)(H4,16,17,19,20)/t8-,9+,11+,12+/m0/s1. The quantitative estimate of drug-likeness (QED) is 0.0756. The fourth-order valence-corrected chi connectivity index (χ4v) is 4.24. The third-order valence-electron chi connectivity index (χ3n) is 3.38. The SMILES string of the molecule is NC(N)=Nc1nc(CSCCC(N)=NS(=O)(=O)N=C[C@H](O)[C@@H](O)[C@H](O)[C@H](O)CO)cs1. The van der Waals surface area contributed by atoms with Crippen LogP contribution in [0, 0.1) is 0 Å². The van der Waals surface area contributed by atoms with Gasteiger partial charge in [-0.15, -0.1) is 15.7 Å². The molecule has 0 radical (unpaired) electrons. The van der Waals surface area contributed by atoms with Crippen molar-refractivity contribution in [3.05, 3.63) is 11.1 Å². The topological polar surface area (TPSA) is 263 Å². The molecule has 0 fully saturated rings. The van der Waals surface area contributed by atoms with E-state index in [1.807, 2.05) is 0 Å². The monoisotopic (exact) mass is 499 g/mol. The van der Waals surface area contributed by atoms with Crippen LogP contribution in [0.3, 0.4) is 0 Å². The van der Waals surface area contributed by atoms with E-state index in [0.717, 1.165) is 5.69 Å². The Morgan fingerprint density at radius 2 is 1.90 bits per heavy atom. The minimum Gasteiger partial charge on any atom is -0.394 e. The van der Waals surface area contributed by atoms with Crippen LogP contribution >= 0.6 is 23.1 Å². The minimum atomic E-state index is -4.45. The summed E-state index contributed by atoms with van der Waals surface area (Å²) in [6.07, 6.45) is -7.04. The number of rotatable bonds is 13. The molecule has 0 bridgehead atoms. The van der Waals surface area contributed by atoms with Crippen molar-refractivity contribution in [3.8, 4) is 0 Å². The smallest absolute Gasteiger partial charge is 0.364 e. The maximum Gasteiger partial charge on any atom is 0.364 e. The first-order valence-electron chi connectivity index (χ1n) is 8.54. The molecule has 0 spiro atoms. The minimum absolute atomic E-state index is 0.0950. The van der Waals surface area contributed by atoms with Crippen LogP contribution in [0.2, 0.25) is 0 Å². The molecule has 1 aromatic heterocycles. The Bertz CT molecular complexity index is 887. The first-order chi connectivity index (χ1) is 14.4. The van der Waals surface area contributed by atoms with Crippen LogP contribution in [-0.4, -0.2) is 93.7 Å². The maximum absolute atomic E-state index is 11.8. The van der Waals surface area contributed by atoms with Crippen molar-refractivity contribution in [1.82, 2.24) is 4.98 Å². The van der Waals surface area contributed by atoms with Crippen molar-refractivity contribution in [2.45, 2.75) is 36.6 Å². The largest absolute Gasteiger partial charge is 0.394 e. The van der Waals surface area contributed by atoms with E-state index in [2.05, 4.69) is 18.8 Å². The average Bonchev–Trinajstić information content (AvgIpc) is 3.13. The second kappa shape index (κ2) is 12.9. The molecule has 0 aliphatic carbocycles. The summed E-state index contributed by atoms with van der Waals surface area (Å²) in [5, 5.41) is 48.8. The molecule has 31 heavy (non-hydrogen) atoms. The maximum atomic E-state index is 11.8. The zero-order valence-corrected chi connectivity index (χ0v) is 18.5. The number of nitrogens with zero attached hydrogens (tertiary/aromatic N) is 4. The highest BCUT2D eigenvalue weighted by molar-refractivity contribution is 7.98. The molecule has 1 rings (SSSR count). The number of amidine groups is 1. The number of thioether (sulfide) groups is 1. The van der Waals surface area contributed by atoms with Crippen molar-refractivity contribution < 1.29 is 34.0 Å². The Balaban J connectivity index is 2.52.